The molecule has 16 atom stereocenters. The molecule has 0 spiro atoms. The Bertz CT molecular complexity index is 5260. The van der Waals surface area contributed by atoms with Crippen LogP contribution in [-0.4, -0.2) is 289 Å². The predicted molar refractivity (Wildman–Crippen MR) is 449 cm³/mol. The molecule has 1 saturated heterocycles. The Kier molecular flexibility index (Phi) is 36.5. The predicted octanol–water partition coefficient (Wildman–Crippen LogP) is -6.09. The lowest BCUT2D eigenvalue weighted by Crippen LogP contribution is -2.61. The molecule has 7 rings (SSSR count). The fourth-order valence-corrected chi connectivity index (χ4v) is 14.0. The summed E-state index contributed by atoms with van der Waals surface area (Å²) in [6.45, 7) is 9.35. The van der Waals surface area contributed by atoms with Crippen LogP contribution in [0.15, 0.2) is 88.9 Å². The average Bonchev–Trinajstić information content (AvgIpc) is 1.53. The Balaban J connectivity index is 1.01. The molecular weight excluding hydrogens is 1720 g/mol. The molecule has 49 heteroatoms. The van der Waals surface area contributed by atoms with Gasteiger partial charge in [-0.05, 0) is 116 Å². The minimum atomic E-state index is -1.84. The first kappa shape index (κ1) is 101. The van der Waals surface area contributed by atoms with Crippen LogP contribution in [0.1, 0.15) is 127 Å². The zero-order valence-corrected chi connectivity index (χ0v) is 71.6. The van der Waals surface area contributed by atoms with Gasteiger partial charge in [0.15, 0.2) is 5.43 Å². The highest BCUT2D eigenvalue weighted by Crippen LogP contribution is 2.42. The maximum Gasteiger partial charge on any atom is 0.336 e. The average molecular weight is 1820 g/mol. The Hall–Kier alpha value is -14.8. The van der Waals surface area contributed by atoms with Crippen LogP contribution in [0.3, 0.4) is 0 Å². The van der Waals surface area contributed by atoms with E-state index in [0.29, 0.717) is 17.1 Å². The Morgan fingerprint density at radius 3 is 1.44 bits per heavy atom. The number of likely N-dealkylation sites (tertiary alicyclic amines) is 1. The number of aliphatic hydroxyl groups excluding tert-OH is 2. The van der Waals surface area contributed by atoms with Crippen LogP contribution in [0, 0.1) is 0 Å². The van der Waals surface area contributed by atoms with Crippen molar-refractivity contribution in [3.63, 3.8) is 0 Å². The number of phenols is 1. The summed E-state index contributed by atoms with van der Waals surface area (Å²) in [6, 6.07) is -9.52. The Labute approximate surface area is 736 Å². The van der Waals surface area contributed by atoms with Gasteiger partial charge in [-0.1, -0.05) is 0 Å². The first-order valence-electron chi connectivity index (χ1n) is 40.0. The topological polar surface area (TPSA) is 748 Å². The van der Waals surface area contributed by atoms with Crippen LogP contribution in [0.25, 0.3) is 33.4 Å². The Morgan fingerprint density at radius 1 is 0.512 bits per heavy atom. The van der Waals surface area contributed by atoms with E-state index in [9.17, 15) is 126 Å². The number of aromatic nitrogens is 4. The third-order valence-electron chi connectivity index (χ3n) is 19.9. The SMILES string of the molecule is CC(=O)N[C@H](CCC(=O)O)C(=O)N[C@H](Cc1c[nH]cn1)C(=O)N[C@@H](C(=O)N[C@H](C)C(=O)N[C@H](C)C(=O)N[C@H](C)C(=O)N[C@H](CSC1CC(=O)N(CCNC(=O)c2ccc(C(=O)O)c(-c3c4ccc(=O)cc-4oc4cc(O)ccc34)c2)C1=O)C(=O)N[C@H](C)C(=O)N[C@H](C)C(=O)N[C@H](C)C(=O)N[C@H](C(=O)N[C@@H](Cc1c[nH]cn1)C(=O)N[C@@H](CCC(=O)O)C(N)=O)[C@@H](C)O)[C@H](C)O. The molecule has 24 N–H and O–H groups in total. The summed E-state index contributed by atoms with van der Waals surface area (Å²) in [5.74, 6) is -22.0. The van der Waals surface area contributed by atoms with Crippen molar-refractivity contribution in [2.45, 2.75) is 203 Å². The molecule has 3 aliphatic rings. The molecular formula is C80H100N20O28S. The number of benzene rings is 3. The van der Waals surface area contributed by atoms with E-state index in [4.69, 9.17) is 15.3 Å². The van der Waals surface area contributed by atoms with Gasteiger partial charge in [-0.15, -0.1) is 11.8 Å². The van der Waals surface area contributed by atoms with Crippen molar-refractivity contribution in [2.24, 2.45) is 5.73 Å². The lowest BCUT2D eigenvalue weighted by Gasteiger charge is -2.27. The van der Waals surface area contributed by atoms with Gasteiger partial charge in [0.2, 0.25) is 94.5 Å². The molecule has 2 aromatic heterocycles. The zero-order valence-electron chi connectivity index (χ0n) is 70.8. The molecule has 0 bridgehead atoms. The number of amides is 17. The van der Waals surface area contributed by atoms with Crippen molar-refractivity contribution >= 4 is 141 Å². The highest BCUT2D eigenvalue weighted by atomic mass is 32.2. The van der Waals surface area contributed by atoms with E-state index < -0.39 is 264 Å². The van der Waals surface area contributed by atoms with Gasteiger partial charge in [-0.3, -0.25) is 101 Å². The van der Waals surface area contributed by atoms with E-state index >= 15 is 0 Å². The normalized spacial score (nSPS) is 15.9. The fourth-order valence-electron chi connectivity index (χ4n) is 12.8. The summed E-state index contributed by atoms with van der Waals surface area (Å²) in [7, 11) is 0. The number of aromatic hydroxyl groups is 1. The van der Waals surface area contributed by atoms with Gasteiger partial charge < -0.3 is 125 Å². The molecule has 129 heavy (non-hydrogen) atoms. The molecule has 1 aliphatic carbocycles. The summed E-state index contributed by atoms with van der Waals surface area (Å²) in [5, 5.41) is 92.4. The van der Waals surface area contributed by atoms with Crippen LogP contribution < -0.4 is 85.6 Å². The van der Waals surface area contributed by atoms with Crippen molar-refractivity contribution in [3.8, 4) is 28.2 Å². The van der Waals surface area contributed by atoms with Crippen molar-refractivity contribution < 1.29 is 131 Å². The van der Waals surface area contributed by atoms with Gasteiger partial charge >= 0.3 is 17.9 Å². The number of aromatic amines is 2. The molecule has 2 aliphatic heterocycles. The number of aliphatic carboxylic acids is 2. The first-order valence-corrected chi connectivity index (χ1v) is 41.0. The molecule has 0 radical (unpaired) electrons. The van der Waals surface area contributed by atoms with E-state index in [2.05, 4.69) is 94.4 Å². The van der Waals surface area contributed by atoms with Crippen LogP contribution in [0.5, 0.6) is 5.75 Å². The van der Waals surface area contributed by atoms with E-state index in [1.165, 1.54) is 73.6 Å². The molecule has 0 saturated carbocycles. The van der Waals surface area contributed by atoms with Gasteiger partial charge in [-0.25, -0.2) is 14.8 Å². The molecule has 694 valence electrons. The highest BCUT2D eigenvalue weighted by molar-refractivity contribution is 8.00. The maximum atomic E-state index is 14.4. The van der Waals surface area contributed by atoms with Gasteiger partial charge in [0, 0.05) is 104 Å². The number of hydrogen-bond acceptors (Lipinski definition) is 28. The number of carbonyl (C=O) groups is 20. The van der Waals surface area contributed by atoms with Crippen molar-refractivity contribution in [2.75, 3.05) is 18.8 Å². The number of H-pyrrole nitrogens is 2. The molecule has 2 aromatic carbocycles. The van der Waals surface area contributed by atoms with Gasteiger partial charge in [0.1, 0.15) is 95.6 Å². The third kappa shape index (κ3) is 29.1. The number of carboxylic acid groups (broad SMARTS) is 3. The number of hydrogen-bond donors (Lipinski definition) is 23. The number of nitrogens with one attached hydrogen (secondary N) is 16. The summed E-state index contributed by atoms with van der Waals surface area (Å²) < 4.78 is 5.91. The minimum Gasteiger partial charge on any atom is -0.508 e. The number of fused-ring (bicyclic) bond motifs is 2. The number of rotatable bonds is 47. The second kappa shape index (κ2) is 46.4. The minimum absolute atomic E-state index is 0.00309. The monoisotopic (exact) mass is 1820 g/mol. The number of aromatic carboxylic acids is 1. The fraction of sp³-hybridized carbons (Fsp3) is 0.438. The van der Waals surface area contributed by atoms with Crippen molar-refractivity contribution in [3.05, 3.63) is 112 Å². The van der Waals surface area contributed by atoms with E-state index in [1.807, 2.05) is 0 Å². The van der Waals surface area contributed by atoms with E-state index in [0.717, 1.165) is 73.3 Å². The largest absolute Gasteiger partial charge is 0.508 e. The summed E-state index contributed by atoms with van der Waals surface area (Å²) in [5.41, 5.74) is 5.56. The quantitative estimate of drug-likeness (QED) is 0.0125. The first-order chi connectivity index (χ1) is 60.7. The Morgan fingerprint density at radius 2 is 0.953 bits per heavy atom. The molecule has 1 unspecified atom stereocenters. The smallest absolute Gasteiger partial charge is 0.336 e. The highest BCUT2D eigenvalue weighted by Gasteiger charge is 2.42. The van der Waals surface area contributed by atoms with Crippen LogP contribution >= 0.6 is 11.8 Å². The number of phenolic OH excluding ortho intramolecular Hbond substituents is 1. The molecule has 17 amide bonds. The summed E-state index contributed by atoms with van der Waals surface area (Å²) in [4.78, 5) is 293. The number of imidazole rings is 2. The molecule has 48 nitrogen and oxygen atoms in total. The number of imide groups is 1. The molecule has 4 aromatic rings. The van der Waals surface area contributed by atoms with Crippen LogP contribution in [0.2, 0.25) is 0 Å². The van der Waals surface area contributed by atoms with Gasteiger partial charge in [-0.2, -0.15) is 0 Å². The summed E-state index contributed by atoms with van der Waals surface area (Å²) in [6.07, 6.45) is -1.30. The second-order valence-electron chi connectivity index (χ2n) is 30.2. The van der Waals surface area contributed by atoms with Gasteiger partial charge in [0.25, 0.3) is 5.91 Å². The second-order valence-corrected chi connectivity index (χ2v) is 31.4. The lowest BCUT2D eigenvalue weighted by atomic mass is 9.89. The number of primary amides is 1. The molecule has 1 fully saturated rings. The van der Waals surface area contributed by atoms with Gasteiger partial charge in [0.05, 0.1) is 47.1 Å². The summed E-state index contributed by atoms with van der Waals surface area (Å²) >= 11 is 0.676. The van der Waals surface area contributed by atoms with Crippen molar-refractivity contribution in [1.29, 1.82) is 0 Å². The zero-order chi connectivity index (χ0) is 95.7. The number of aliphatic hydroxyl groups is 2. The number of nitrogens with two attached hydrogens (primary N) is 1. The number of carboxylic acids is 3. The van der Waals surface area contributed by atoms with Crippen LogP contribution in [-0.2, 0) is 99.1 Å². The number of nitrogens with zero attached hydrogens (tertiary/aromatic N) is 3. The van der Waals surface area contributed by atoms with E-state index in [-0.39, 0.29) is 75.7 Å². The standard InChI is InChI=1S/C80H100N20O28S/c1-33(88-69(115)36(4)92-77(123)63(39(7)101)99-75(121)54(24-44-29-83-32-86-44)95-73(119)52(93-41(9)103)17-19-61(109)110)66(112)89-37(5)70(116)97-55(30-129-58-27-59(106)100(79(58)125)21-20-84-72(118)42-10-13-47(80(126)127)50(22-42)62-48-14-11-45(104)25-56(48)128-57-26-46(105)12-15-49(57)62)76(122)91-35(3)68(114)87-34(2)67(113)90-38(6)71(117)98-64(40(8)102)78(124)96-53(23-43-28-82-31-85-43)74(120)94-51(65(81)111)16-18-60(107)108/h10-15,22,25-26,28-29,31-40,51-55,58,63-64,101-102,104H,16-21,23-24,27,30H2,1-9H3,(H2,81,111)(H,82,85)(H,83,86)(H,84,118)(H,87,114)(H,88,115)(H,89,112)(H,90,113)(H,91,122)(H,92,123)(H,93,103)(H,94,120)(H,95,119)(H,96,124)(H,97,116)(H,98,117)(H,99,121)(H,107,108)(H,109,110)(H,126,127)/t33-,34-,35-,36-,37-,38-,39+,40-,51+,52-,53+,54-,55-,58?,63-,64+/m1/s1. The molecule has 4 heterocycles. The third-order valence-corrected chi connectivity index (χ3v) is 21.2. The lowest BCUT2D eigenvalue weighted by molar-refractivity contribution is -0.139. The maximum absolute atomic E-state index is 14.4. The number of thioether (sulfide) groups is 1. The number of carbonyl (C=O) groups excluding carboxylic acids is 17. The van der Waals surface area contributed by atoms with Crippen molar-refractivity contribution in [1.82, 2.24) is 99.3 Å². The van der Waals surface area contributed by atoms with E-state index in [1.54, 1.807) is 0 Å². The van der Waals surface area contributed by atoms with Crippen LogP contribution in [0.4, 0.5) is 0 Å².